The molecule has 2 heterocycles. The second-order valence-corrected chi connectivity index (χ2v) is 3.72. The van der Waals surface area contributed by atoms with Gasteiger partial charge >= 0.3 is 0 Å². The SMILES string of the molecule is CNC(Cc1ncnn1C)c1ccnn1C. The Hall–Kier alpha value is -1.69. The van der Waals surface area contributed by atoms with Gasteiger partial charge in [0.05, 0.1) is 11.7 Å². The topological polar surface area (TPSA) is 60.6 Å². The van der Waals surface area contributed by atoms with Gasteiger partial charge in [0.15, 0.2) is 0 Å². The smallest absolute Gasteiger partial charge is 0.138 e. The summed E-state index contributed by atoms with van der Waals surface area (Å²) in [7, 11) is 5.78. The van der Waals surface area contributed by atoms with E-state index in [9.17, 15) is 0 Å². The zero-order valence-electron chi connectivity index (χ0n) is 9.75. The van der Waals surface area contributed by atoms with E-state index in [2.05, 4.69) is 20.5 Å². The number of hydrogen-bond donors (Lipinski definition) is 1. The largest absolute Gasteiger partial charge is 0.311 e. The van der Waals surface area contributed by atoms with Crippen LogP contribution in [0.1, 0.15) is 17.6 Å². The Morgan fingerprint density at radius 2 is 2.12 bits per heavy atom. The molecular formula is C10H16N6. The molecule has 86 valence electrons. The fraction of sp³-hybridized carbons (Fsp3) is 0.500. The predicted octanol–water partition coefficient (Wildman–Crippen LogP) is 0.0518. The minimum absolute atomic E-state index is 0.204. The molecule has 0 saturated carbocycles. The molecular weight excluding hydrogens is 204 g/mol. The monoisotopic (exact) mass is 220 g/mol. The first-order chi connectivity index (χ1) is 7.72. The standard InChI is InChI=1S/C10H16N6/c1-11-8(9-4-5-13-15(9)2)6-10-12-7-14-16(10)3/h4-5,7-8,11H,6H2,1-3H3. The molecule has 0 aliphatic carbocycles. The van der Waals surface area contributed by atoms with E-state index in [0.717, 1.165) is 17.9 Å². The van der Waals surface area contributed by atoms with Crippen LogP contribution in [0.15, 0.2) is 18.6 Å². The molecule has 0 amide bonds. The van der Waals surface area contributed by atoms with Crippen molar-refractivity contribution in [2.24, 2.45) is 14.1 Å². The van der Waals surface area contributed by atoms with Crippen molar-refractivity contribution in [1.29, 1.82) is 0 Å². The predicted molar refractivity (Wildman–Crippen MR) is 59.7 cm³/mol. The van der Waals surface area contributed by atoms with Gasteiger partial charge in [-0.05, 0) is 13.1 Å². The number of aromatic nitrogens is 5. The molecule has 16 heavy (non-hydrogen) atoms. The highest BCUT2D eigenvalue weighted by atomic mass is 15.3. The van der Waals surface area contributed by atoms with Crippen LogP contribution in [0.4, 0.5) is 0 Å². The van der Waals surface area contributed by atoms with Crippen LogP contribution < -0.4 is 5.32 Å². The Kier molecular flexibility index (Phi) is 3.00. The third kappa shape index (κ3) is 1.96. The van der Waals surface area contributed by atoms with Crippen LogP contribution in [-0.4, -0.2) is 31.6 Å². The Morgan fingerprint density at radius 1 is 1.31 bits per heavy atom. The molecule has 0 aliphatic rings. The van der Waals surface area contributed by atoms with Gasteiger partial charge in [0.25, 0.3) is 0 Å². The molecule has 2 rings (SSSR count). The van der Waals surface area contributed by atoms with Crippen LogP contribution in [-0.2, 0) is 20.5 Å². The number of rotatable bonds is 4. The molecule has 0 fully saturated rings. The van der Waals surface area contributed by atoms with Crippen LogP contribution in [0.2, 0.25) is 0 Å². The molecule has 0 bridgehead atoms. The van der Waals surface area contributed by atoms with Crippen LogP contribution in [0.3, 0.4) is 0 Å². The van der Waals surface area contributed by atoms with Gasteiger partial charge in [0.2, 0.25) is 0 Å². The Bertz CT molecular complexity index is 457. The van der Waals surface area contributed by atoms with Crippen molar-refractivity contribution in [3.63, 3.8) is 0 Å². The molecule has 1 N–H and O–H groups in total. The van der Waals surface area contributed by atoms with E-state index < -0.39 is 0 Å². The molecule has 0 radical (unpaired) electrons. The maximum Gasteiger partial charge on any atom is 0.138 e. The number of aryl methyl sites for hydroxylation is 2. The number of hydrogen-bond acceptors (Lipinski definition) is 4. The lowest BCUT2D eigenvalue weighted by Gasteiger charge is -2.15. The molecule has 1 unspecified atom stereocenters. The molecule has 0 aromatic carbocycles. The molecule has 2 aromatic rings. The Labute approximate surface area is 94.3 Å². The summed E-state index contributed by atoms with van der Waals surface area (Å²) >= 11 is 0. The summed E-state index contributed by atoms with van der Waals surface area (Å²) < 4.78 is 3.66. The second kappa shape index (κ2) is 4.44. The molecule has 0 saturated heterocycles. The number of nitrogens with one attached hydrogen (secondary N) is 1. The lowest BCUT2D eigenvalue weighted by molar-refractivity contribution is 0.513. The lowest BCUT2D eigenvalue weighted by Crippen LogP contribution is -2.23. The third-order valence-electron chi connectivity index (χ3n) is 2.76. The van der Waals surface area contributed by atoms with E-state index in [-0.39, 0.29) is 6.04 Å². The van der Waals surface area contributed by atoms with Gasteiger partial charge in [-0.3, -0.25) is 9.36 Å². The quantitative estimate of drug-likeness (QED) is 0.791. The summed E-state index contributed by atoms with van der Waals surface area (Å²) in [5.74, 6) is 0.959. The van der Waals surface area contributed by atoms with Crippen LogP contribution >= 0.6 is 0 Å². The first kappa shape index (κ1) is 10.8. The minimum Gasteiger partial charge on any atom is -0.311 e. The van der Waals surface area contributed by atoms with Crippen LogP contribution in [0.5, 0.6) is 0 Å². The summed E-state index contributed by atoms with van der Waals surface area (Å²) in [6, 6.07) is 2.22. The first-order valence-electron chi connectivity index (χ1n) is 5.20. The fourth-order valence-corrected chi connectivity index (χ4v) is 1.77. The molecule has 2 aromatic heterocycles. The van der Waals surface area contributed by atoms with E-state index in [1.807, 2.05) is 31.9 Å². The highest BCUT2D eigenvalue weighted by Gasteiger charge is 2.15. The molecule has 0 spiro atoms. The number of likely N-dealkylation sites (N-methyl/N-ethyl adjacent to an activating group) is 1. The van der Waals surface area contributed by atoms with Gasteiger partial charge in [-0.1, -0.05) is 0 Å². The zero-order chi connectivity index (χ0) is 11.5. The minimum atomic E-state index is 0.204. The number of nitrogens with zero attached hydrogens (tertiary/aromatic N) is 5. The van der Waals surface area contributed by atoms with Crippen LogP contribution in [0, 0.1) is 0 Å². The van der Waals surface area contributed by atoms with Crippen molar-refractivity contribution in [2.75, 3.05) is 7.05 Å². The van der Waals surface area contributed by atoms with E-state index >= 15 is 0 Å². The van der Waals surface area contributed by atoms with Crippen molar-refractivity contribution in [1.82, 2.24) is 29.9 Å². The van der Waals surface area contributed by atoms with Crippen molar-refractivity contribution in [2.45, 2.75) is 12.5 Å². The van der Waals surface area contributed by atoms with Gasteiger partial charge in [0.1, 0.15) is 12.2 Å². The van der Waals surface area contributed by atoms with Gasteiger partial charge in [-0.2, -0.15) is 10.2 Å². The summed E-state index contributed by atoms with van der Waals surface area (Å²) in [4.78, 5) is 4.23. The third-order valence-corrected chi connectivity index (χ3v) is 2.76. The van der Waals surface area contributed by atoms with E-state index in [0.29, 0.717) is 0 Å². The van der Waals surface area contributed by atoms with Crippen molar-refractivity contribution < 1.29 is 0 Å². The maximum atomic E-state index is 4.23. The summed E-state index contributed by atoms with van der Waals surface area (Å²) in [6.45, 7) is 0. The normalized spacial score (nSPS) is 12.9. The molecule has 6 nitrogen and oxygen atoms in total. The van der Waals surface area contributed by atoms with Gasteiger partial charge in [0, 0.05) is 26.7 Å². The average Bonchev–Trinajstić information content (AvgIpc) is 2.85. The van der Waals surface area contributed by atoms with Gasteiger partial charge in [-0.15, -0.1) is 0 Å². The van der Waals surface area contributed by atoms with E-state index in [1.54, 1.807) is 17.2 Å². The van der Waals surface area contributed by atoms with Crippen molar-refractivity contribution >= 4 is 0 Å². The molecule has 0 aliphatic heterocycles. The first-order valence-corrected chi connectivity index (χ1v) is 5.20. The Morgan fingerprint density at radius 3 is 2.62 bits per heavy atom. The highest BCUT2D eigenvalue weighted by molar-refractivity contribution is 5.09. The van der Waals surface area contributed by atoms with E-state index in [4.69, 9.17) is 0 Å². The van der Waals surface area contributed by atoms with Gasteiger partial charge < -0.3 is 5.32 Å². The zero-order valence-corrected chi connectivity index (χ0v) is 9.75. The molecule has 1 atom stereocenters. The van der Waals surface area contributed by atoms with Crippen molar-refractivity contribution in [3.05, 3.63) is 30.1 Å². The summed E-state index contributed by atoms with van der Waals surface area (Å²) in [5.41, 5.74) is 1.14. The van der Waals surface area contributed by atoms with Gasteiger partial charge in [-0.25, -0.2) is 4.98 Å². The Balaban J connectivity index is 2.19. The lowest BCUT2D eigenvalue weighted by atomic mass is 10.1. The highest BCUT2D eigenvalue weighted by Crippen LogP contribution is 2.15. The summed E-state index contributed by atoms with van der Waals surface area (Å²) in [6.07, 6.45) is 4.17. The molecule has 6 heteroatoms. The fourth-order valence-electron chi connectivity index (χ4n) is 1.77. The summed E-state index contributed by atoms with van der Waals surface area (Å²) in [5, 5.41) is 11.5. The average molecular weight is 220 g/mol. The maximum absolute atomic E-state index is 4.23. The van der Waals surface area contributed by atoms with Crippen molar-refractivity contribution in [3.8, 4) is 0 Å². The van der Waals surface area contributed by atoms with Crippen LogP contribution in [0.25, 0.3) is 0 Å². The second-order valence-electron chi connectivity index (χ2n) is 3.72. The van der Waals surface area contributed by atoms with E-state index in [1.165, 1.54) is 0 Å².